The molecule has 0 saturated carbocycles. The summed E-state index contributed by atoms with van der Waals surface area (Å²) in [6, 6.07) is 0. The largest absolute Gasteiger partial charge is 0.265 e. The summed E-state index contributed by atoms with van der Waals surface area (Å²) >= 11 is 0. The highest BCUT2D eigenvalue weighted by Gasteiger charge is 2.00. The second kappa shape index (κ2) is 9.69. The van der Waals surface area contributed by atoms with Gasteiger partial charge in [0.25, 0.3) is 0 Å². The molecule has 0 unspecified atom stereocenters. The standard InChI is InChI=1S/C12H23NO2/c1-3-5-6-9-12(4-2)10-7-8-11-13(14)15/h4H,3,5-11H2,1-2H3/b12-4-. The Morgan fingerprint density at radius 2 is 1.80 bits per heavy atom. The SMILES string of the molecule is C/C=C(/CCCCC)CCCC[N+](=O)[O-]. The highest BCUT2D eigenvalue weighted by atomic mass is 16.6. The van der Waals surface area contributed by atoms with Gasteiger partial charge in [0.05, 0.1) is 0 Å². The zero-order chi connectivity index (χ0) is 11.5. The number of nitrogens with zero attached hydrogens (tertiary/aromatic N) is 1. The number of unbranched alkanes of at least 4 members (excludes halogenated alkanes) is 3. The van der Waals surface area contributed by atoms with E-state index in [9.17, 15) is 10.1 Å². The van der Waals surface area contributed by atoms with Crippen molar-refractivity contribution in [2.24, 2.45) is 0 Å². The molecule has 3 heteroatoms. The molecule has 0 bridgehead atoms. The molecule has 0 N–H and O–H groups in total. The van der Waals surface area contributed by atoms with Gasteiger partial charge in [-0.2, -0.15) is 0 Å². The Morgan fingerprint density at radius 3 is 2.27 bits per heavy atom. The molecule has 0 atom stereocenters. The van der Waals surface area contributed by atoms with Crippen molar-refractivity contribution in [2.45, 2.75) is 58.8 Å². The molecule has 3 nitrogen and oxygen atoms in total. The fourth-order valence-corrected chi connectivity index (χ4v) is 1.61. The van der Waals surface area contributed by atoms with E-state index in [4.69, 9.17) is 0 Å². The predicted molar refractivity (Wildman–Crippen MR) is 63.6 cm³/mol. The van der Waals surface area contributed by atoms with Crippen LogP contribution < -0.4 is 0 Å². The Balaban J connectivity index is 3.49. The molecule has 88 valence electrons. The average Bonchev–Trinajstić information content (AvgIpc) is 2.21. The van der Waals surface area contributed by atoms with Gasteiger partial charge in [0.1, 0.15) is 0 Å². The zero-order valence-electron chi connectivity index (χ0n) is 10.00. The number of hydrogen-bond donors (Lipinski definition) is 0. The van der Waals surface area contributed by atoms with E-state index >= 15 is 0 Å². The third-order valence-corrected chi connectivity index (χ3v) is 2.60. The Morgan fingerprint density at radius 1 is 1.20 bits per heavy atom. The van der Waals surface area contributed by atoms with Crippen LogP contribution in [0.1, 0.15) is 58.8 Å². The number of rotatable bonds is 9. The van der Waals surface area contributed by atoms with Crippen LogP contribution in [-0.2, 0) is 0 Å². The quantitative estimate of drug-likeness (QED) is 0.252. The minimum Gasteiger partial charge on any atom is -0.265 e. The molecule has 0 aromatic carbocycles. The van der Waals surface area contributed by atoms with Crippen molar-refractivity contribution in [3.63, 3.8) is 0 Å². The van der Waals surface area contributed by atoms with Crippen molar-refractivity contribution in [1.82, 2.24) is 0 Å². The van der Waals surface area contributed by atoms with Crippen molar-refractivity contribution in [1.29, 1.82) is 0 Å². The fraction of sp³-hybridized carbons (Fsp3) is 0.833. The maximum Gasteiger partial charge on any atom is 0.203 e. The topological polar surface area (TPSA) is 43.1 Å². The average molecular weight is 213 g/mol. The predicted octanol–water partition coefficient (Wildman–Crippen LogP) is 3.96. The summed E-state index contributed by atoms with van der Waals surface area (Å²) in [6.07, 6.45) is 9.82. The molecule has 0 aliphatic carbocycles. The van der Waals surface area contributed by atoms with E-state index in [0.29, 0.717) is 6.42 Å². The molecule has 0 heterocycles. The molecule has 0 rings (SSSR count). The van der Waals surface area contributed by atoms with E-state index < -0.39 is 0 Å². The van der Waals surface area contributed by atoms with Crippen LogP contribution >= 0.6 is 0 Å². The van der Waals surface area contributed by atoms with Crippen molar-refractivity contribution in [3.8, 4) is 0 Å². The Kier molecular flexibility index (Phi) is 9.13. The van der Waals surface area contributed by atoms with Gasteiger partial charge in [0, 0.05) is 11.3 Å². The lowest BCUT2D eigenvalue weighted by atomic mass is 10.0. The number of nitro groups is 1. The van der Waals surface area contributed by atoms with E-state index in [2.05, 4.69) is 19.9 Å². The first-order chi connectivity index (χ1) is 7.20. The Labute approximate surface area is 92.7 Å². The molecule has 0 fully saturated rings. The van der Waals surface area contributed by atoms with Gasteiger partial charge in [-0.15, -0.1) is 0 Å². The van der Waals surface area contributed by atoms with Gasteiger partial charge in [0.15, 0.2) is 0 Å². The molecule has 0 spiro atoms. The molecular formula is C12H23NO2. The van der Waals surface area contributed by atoms with Gasteiger partial charge in [-0.05, 0) is 32.6 Å². The summed E-state index contributed by atoms with van der Waals surface area (Å²) in [5.41, 5.74) is 1.46. The van der Waals surface area contributed by atoms with Crippen LogP contribution in [0, 0.1) is 10.1 Å². The van der Waals surface area contributed by atoms with Crippen LogP contribution in [0.5, 0.6) is 0 Å². The van der Waals surface area contributed by atoms with Crippen LogP contribution in [0.25, 0.3) is 0 Å². The molecule has 0 saturated heterocycles. The number of hydrogen-bond acceptors (Lipinski definition) is 2. The molecule has 0 amide bonds. The maximum absolute atomic E-state index is 10.1. The van der Waals surface area contributed by atoms with Gasteiger partial charge in [-0.25, -0.2) is 0 Å². The first-order valence-electron chi connectivity index (χ1n) is 5.96. The van der Waals surface area contributed by atoms with Crippen LogP contribution in [0.2, 0.25) is 0 Å². The van der Waals surface area contributed by atoms with Crippen LogP contribution in [0.4, 0.5) is 0 Å². The van der Waals surface area contributed by atoms with Crippen molar-refractivity contribution >= 4 is 0 Å². The summed E-state index contributed by atoms with van der Waals surface area (Å²) in [5.74, 6) is 0. The normalized spacial score (nSPS) is 11.7. The first-order valence-corrected chi connectivity index (χ1v) is 5.96. The van der Waals surface area contributed by atoms with E-state index in [-0.39, 0.29) is 11.5 Å². The van der Waals surface area contributed by atoms with Crippen LogP contribution in [0.3, 0.4) is 0 Å². The van der Waals surface area contributed by atoms with Crippen LogP contribution in [-0.4, -0.2) is 11.5 Å². The lowest BCUT2D eigenvalue weighted by molar-refractivity contribution is -0.480. The molecule has 15 heavy (non-hydrogen) atoms. The Bertz CT molecular complexity index is 200. The second-order valence-electron chi connectivity index (χ2n) is 3.92. The van der Waals surface area contributed by atoms with Gasteiger partial charge >= 0.3 is 0 Å². The van der Waals surface area contributed by atoms with Crippen molar-refractivity contribution in [2.75, 3.05) is 6.54 Å². The molecule has 0 radical (unpaired) electrons. The minimum absolute atomic E-state index is 0.117. The summed E-state index contributed by atoms with van der Waals surface area (Å²) in [6.45, 7) is 4.38. The number of allylic oxidation sites excluding steroid dienone is 2. The van der Waals surface area contributed by atoms with Gasteiger partial charge in [0.2, 0.25) is 6.54 Å². The molecule has 0 aliphatic heterocycles. The van der Waals surface area contributed by atoms with Gasteiger partial charge in [-0.1, -0.05) is 31.4 Å². The fourth-order valence-electron chi connectivity index (χ4n) is 1.61. The molecular weight excluding hydrogens is 190 g/mol. The maximum atomic E-state index is 10.1. The third kappa shape index (κ3) is 9.44. The smallest absolute Gasteiger partial charge is 0.203 e. The third-order valence-electron chi connectivity index (χ3n) is 2.60. The molecule has 0 aliphatic rings. The summed E-state index contributed by atoms with van der Waals surface area (Å²) < 4.78 is 0. The van der Waals surface area contributed by atoms with Crippen molar-refractivity contribution in [3.05, 3.63) is 21.8 Å². The zero-order valence-corrected chi connectivity index (χ0v) is 10.00. The lowest BCUT2D eigenvalue weighted by Gasteiger charge is -2.05. The highest BCUT2D eigenvalue weighted by molar-refractivity contribution is 4.99. The summed E-state index contributed by atoms with van der Waals surface area (Å²) in [4.78, 5) is 9.89. The van der Waals surface area contributed by atoms with E-state index in [1.165, 1.54) is 31.3 Å². The minimum atomic E-state index is -0.230. The lowest BCUT2D eigenvalue weighted by Crippen LogP contribution is -2.00. The molecule has 0 aromatic rings. The van der Waals surface area contributed by atoms with Gasteiger partial charge in [-0.3, -0.25) is 10.1 Å². The van der Waals surface area contributed by atoms with E-state index in [1.807, 2.05) is 0 Å². The van der Waals surface area contributed by atoms with Crippen LogP contribution in [0.15, 0.2) is 11.6 Å². The monoisotopic (exact) mass is 213 g/mol. The van der Waals surface area contributed by atoms with E-state index in [0.717, 1.165) is 12.8 Å². The van der Waals surface area contributed by atoms with Crippen molar-refractivity contribution < 1.29 is 4.92 Å². The molecule has 0 aromatic heterocycles. The first kappa shape index (κ1) is 14.1. The van der Waals surface area contributed by atoms with E-state index in [1.54, 1.807) is 0 Å². The summed E-state index contributed by atoms with van der Waals surface area (Å²) in [7, 11) is 0. The Hall–Kier alpha value is -0.860. The van der Waals surface area contributed by atoms with Gasteiger partial charge < -0.3 is 0 Å². The highest BCUT2D eigenvalue weighted by Crippen LogP contribution is 2.15. The second-order valence-corrected chi connectivity index (χ2v) is 3.92. The summed E-state index contributed by atoms with van der Waals surface area (Å²) in [5, 5.41) is 10.1.